The Morgan fingerprint density at radius 3 is 2.31 bits per heavy atom. The Balaban J connectivity index is 1.69. The van der Waals surface area contributed by atoms with E-state index in [2.05, 4.69) is 5.32 Å². The molecule has 1 heterocycles. The molecule has 0 spiro atoms. The summed E-state index contributed by atoms with van der Waals surface area (Å²) in [7, 11) is 0. The Labute approximate surface area is 212 Å². The number of nitrogens with one attached hydrogen (secondary N) is 1. The number of ether oxygens (including phenoxy) is 2. The van der Waals surface area contributed by atoms with Crippen molar-refractivity contribution in [2.24, 2.45) is 5.92 Å². The largest absolute Gasteiger partial charge is 0.484 e. The number of rotatable bonds is 10. The Kier molecular flexibility index (Phi) is 9.06. The summed E-state index contributed by atoms with van der Waals surface area (Å²) < 4.78 is 10.8. The zero-order valence-corrected chi connectivity index (χ0v) is 21.5. The van der Waals surface area contributed by atoms with Crippen molar-refractivity contribution in [1.29, 1.82) is 0 Å². The lowest BCUT2D eigenvalue weighted by Crippen LogP contribution is -2.31. The normalized spacial score (nSPS) is 15.4. The predicted octanol–water partition coefficient (Wildman–Crippen LogP) is 4.66. The molecule has 2 aromatic carbocycles. The first kappa shape index (κ1) is 26.7. The van der Waals surface area contributed by atoms with E-state index in [1.807, 2.05) is 51.1 Å². The molecular weight excluding hydrogens is 456 g/mol. The third-order valence-electron chi connectivity index (χ3n) is 5.78. The molecule has 1 atom stereocenters. The van der Waals surface area contributed by atoms with Crippen molar-refractivity contribution >= 4 is 23.9 Å². The number of amides is 2. The van der Waals surface area contributed by atoms with Gasteiger partial charge in [-0.2, -0.15) is 0 Å². The van der Waals surface area contributed by atoms with E-state index in [0.29, 0.717) is 29.1 Å². The molecule has 2 amide bonds. The molecule has 0 saturated heterocycles. The molecule has 0 radical (unpaired) electrons. The van der Waals surface area contributed by atoms with Gasteiger partial charge in [0.15, 0.2) is 6.61 Å². The van der Waals surface area contributed by atoms with Crippen molar-refractivity contribution in [2.75, 3.05) is 19.8 Å². The second-order valence-electron chi connectivity index (χ2n) is 9.11. The first-order valence-electron chi connectivity index (χ1n) is 12.2. The van der Waals surface area contributed by atoms with Crippen molar-refractivity contribution in [2.45, 2.75) is 40.7 Å². The maximum Gasteiger partial charge on any atom is 0.340 e. The van der Waals surface area contributed by atoms with Crippen molar-refractivity contribution in [1.82, 2.24) is 10.2 Å². The summed E-state index contributed by atoms with van der Waals surface area (Å²) in [6.07, 6.45) is 1.69. The van der Waals surface area contributed by atoms with Gasteiger partial charge in [-0.1, -0.05) is 56.3 Å². The maximum atomic E-state index is 13.1. The molecule has 3 rings (SSSR count). The fourth-order valence-electron chi connectivity index (χ4n) is 4.00. The fourth-order valence-corrected chi connectivity index (χ4v) is 4.00. The SMILES string of the molecule is CCOC(=O)C1=C(C)N(CC(C)C)C(=O)/C1=C\c1ccc(OCC(=O)N[C@H](C)c2ccccc2)cc1. The van der Waals surface area contributed by atoms with Crippen LogP contribution in [0, 0.1) is 5.92 Å². The van der Waals surface area contributed by atoms with Gasteiger partial charge in [0.25, 0.3) is 11.8 Å². The molecule has 1 aliphatic heterocycles. The summed E-state index contributed by atoms with van der Waals surface area (Å²) >= 11 is 0. The summed E-state index contributed by atoms with van der Waals surface area (Å²) in [5.41, 5.74) is 2.97. The zero-order valence-electron chi connectivity index (χ0n) is 21.5. The third-order valence-corrected chi connectivity index (χ3v) is 5.78. The average molecular weight is 491 g/mol. The Bertz CT molecular complexity index is 1150. The quantitative estimate of drug-likeness (QED) is 0.387. The van der Waals surface area contributed by atoms with Crippen LogP contribution < -0.4 is 10.1 Å². The molecule has 7 nitrogen and oxygen atoms in total. The van der Waals surface area contributed by atoms with Gasteiger partial charge in [-0.25, -0.2) is 4.79 Å². The lowest BCUT2D eigenvalue weighted by Gasteiger charge is -2.19. The highest BCUT2D eigenvalue weighted by Crippen LogP contribution is 2.32. The number of carbonyl (C=O) groups is 3. The van der Waals surface area contributed by atoms with Crippen LogP contribution in [-0.2, 0) is 19.1 Å². The van der Waals surface area contributed by atoms with E-state index >= 15 is 0 Å². The van der Waals surface area contributed by atoms with Crippen molar-refractivity contribution < 1.29 is 23.9 Å². The van der Waals surface area contributed by atoms with Gasteiger partial charge in [-0.3, -0.25) is 9.59 Å². The van der Waals surface area contributed by atoms with Gasteiger partial charge in [0, 0.05) is 12.2 Å². The highest BCUT2D eigenvalue weighted by atomic mass is 16.5. The second kappa shape index (κ2) is 12.2. The Morgan fingerprint density at radius 1 is 1.03 bits per heavy atom. The molecule has 0 saturated carbocycles. The third kappa shape index (κ3) is 6.62. The van der Waals surface area contributed by atoms with Gasteiger partial charge < -0.3 is 19.7 Å². The lowest BCUT2D eigenvalue weighted by atomic mass is 10.0. The Morgan fingerprint density at radius 2 is 1.69 bits per heavy atom. The van der Waals surface area contributed by atoms with Crippen LogP contribution in [0.25, 0.3) is 6.08 Å². The number of hydrogen-bond acceptors (Lipinski definition) is 5. The van der Waals surface area contributed by atoms with Crippen LogP contribution >= 0.6 is 0 Å². The van der Waals surface area contributed by atoms with Gasteiger partial charge in [-0.05, 0) is 56.0 Å². The van der Waals surface area contributed by atoms with Crippen molar-refractivity contribution in [3.8, 4) is 5.75 Å². The zero-order chi connectivity index (χ0) is 26.2. The number of esters is 1. The Hall–Kier alpha value is -3.87. The molecule has 2 aromatic rings. The van der Waals surface area contributed by atoms with Crippen molar-refractivity contribution in [3.05, 3.63) is 82.6 Å². The fraction of sp³-hybridized carbons (Fsp3) is 0.345. The van der Waals surface area contributed by atoms with Crippen LogP contribution in [-0.4, -0.2) is 42.4 Å². The summed E-state index contributed by atoms with van der Waals surface area (Å²) in [6.45, 7) is 10.1. The summed E-state index contributed by atoms with van der Waals surface area (Å²) in [5.74, 6) is -0.170. The molecule has 0 bridgehead atoms. The van der Waals surface area contributed by atoms with E-state index in [1.165, 1.54) is 0 Å². The van der Waals surface area contributed by atoms with Crippen LogP contribution in [0.3, 0.4) is 0 Å². The van der Waals surface area contributed by atoms with E-state index in [1.54, 1.807) is 49.1 Å². The predicted molar refractivity (Wildman–Crippen MR) is 139 cm³/mol. The monoisotopic (exact) mass is 490 g/mol. The molecule has 36 heavy (non-hydrogen) atoms. The second-order valence-corrected chi connectivity index (χ2v) is 9.11. The lowest BCUT2D eigenvalue weighted by molar-refractivity contribution is -0.138. The van der Waals surface area contributed by atoms with Gasteiger partial charge >= 0.3 is 5.97 Å². The van der Waals surface area contributed by atoms with Gasteiger partial charge in [-0.15, -0.1) is 0 Å². The van der Waals surface area contributed by atoms with E-state index in [0.717, 1.165) is 11.1 Å². The number of hydrogen-bond donors (Lipinski definition) is 1. The summed E-state index contributed by atoms with van der Waals surface area (Å²) in [4.78, 5) is 39.7. The minimum atomic E-state index is -0.503. The number of carbonyl (C=O) groups excluding carboxylic acids is 3. The molecule has 190 valence electrons. The molecule has 0 aliphatic carbocycles. The average Bonchev–Trinajstić information content (AvgIpc) is 3.08. The standard InChI is InChI=1S/C29H34N2O5/c1-6-35-29(34)27-21(5)31(17-19(2)3)28(33)25(27)16-22-12-14-24(15-13-22)36-18-26(32)30-20(4)23-10-8-7-9-11-23/h7-16,19-20H,6,17-18H2,1-5H3,(H,30,32)/b25-16-/t20-/m1/s1. The molecule has 0 unspecified atom stereocenters. The number of benzene rings is 2. The highest BCUT2D eigenvalue weighted by Gasteiger charge is 2.37. The van der Waals surface area contributed by atoms with E-state index in [9.17, 15) is 14.4 Å². The van der Waals surface area contributed by atoms with E-state index in [-0.39, 0.29) is 37.0 Å². The van der Waals surface area contributed by atoms with Crippen LogP contribution in [0.2, 0.25) is 0 Å². The number of allylic oxidation sites excluding steroid dienone is 1. The summed E-state index contributed by atoms with van der Waals surface area (Å²) in [6, 6.07) is 16.6. The van der Waals surface area contributed by atoms with Gasteiger partial charge in [0.2, 0.25) is 0 Å². The smallest absolute Gasteiger partial charge is 0.340 e. The minimum Gasteiger partial charge on any atom is -0.484 e. The number of nitrogens with zero attached hydrogens (tertiary/aromatic N) is 1. The molecule has 7 heteroatoms. The maximum absolute atomic E-state index is 13.1. The molecule has 0 fully saturated rings. The van der Waals surface area contributed by atoms with Crippen LogP contribution in [0.5, 0.6) is 5.75 Å². The van der Waals surface area contributed by atoms with Crippen LogP contribution in [0.1, 0.15) is 51.8 Å². The van der Waals surface area contributed by atoms with Crippen LogP contribution in [0.15, 0.2) is 71.4 Å². The van der Waals surface area contributed by atoms with E-state index in [4.69, 9.17) is 9.47 Å². The minimum absolute atomic E-state index is 0.116. The van der Waals surface area contributed by atoms with Crippen molar-refractivity contribution in [3.63, 3.8) is 0 Å². The summed E-state index contributed by atoms with van der Waals surface area (Å²) in [5, 5.41) is 2.91. The van der Waals surface area contributed by atoms with Gasteiger partial charge in [0.1, 0.15) is 5.75 Å². The first-order chi connectivity index (χ1) is 17.2. The molecular formula is C29H34N2O5. The molecule has 1 aliphatic rings. The van der Waals surface area contributed by atoms with Gasteiger partial charge in [0.05, 0.1) is 23.8 Å². The van der Waals surface area contributed by atoms with Crippen LogP contribution in [0.4, 0.5) is 0 Å². The highest BCUT2D eigenvalue weighted by molar-refractivity contribution is 6.16. The first-order valence-corrected chi connectivity index (χ1v) is 12.2. The molecule has 0 aromatic heterocycles. The topological polar surface area (TPSA) is 84.9 Å². The van der Waals surface area contributed by atoms with E-state index < -0.39 is 5.97 Å². The molecule has 1 N–H and O–H groups in total.